The zero-order chi connectivity index (χ0) is 11.5. The number of aromatic nitrogens is 3. The summed E-state index contributed by atoms with van der Waals surface area (Å²) in [6.07, 6.45) is 4.79. The molecule has 0 saturated heterocycles. The molecule has 0 saturated carbocycles. The first-order chi connectivity index (χ1) is 7.66. The molecule has 6 heteroatoms. The molecule has 0 aliphatic heterocycles. The first-order valence-electron chi connectivity index (χ1n) is 4.33. The molecule has 0 radical (unpaired) electrons. The fraction of sp³-hybridized carbons (Fsp3) is 0. The first-order valence-corrected chi connectivity index (χ1v) is 4.33. The summed E-state index contributed by atoms with van der Waals surface area (Å²) in [5, 5.41) is 8.64. The lowest BCUT2D eigenvalue weighted by atomic mass is 10.2. The van der Waals surface area contributed by atoms with E-state index >= 15 is 0 Å². The molecule has 0 unspecified atom stereocenters. The topological polar surface area (TPSA) is 76.0 Å². The highest BCUT2D eigenvalue weighted by Crippen LogP contribution is 2.13. The van der Waals surface area contributed by atoms with Crippen molar-refractivity contribution in [2.24, 2.45) is 0 Å². The van der Waals surface area contributed by atoms with Crippen LogP contribution in [0.2, 0.25) is 0 Å². The summed E-state index contributed by atoms with van der Waals surface area (Å²) in [6.45, 7) is 0. The number of rotatable bonds is 2. The van der Waals surface area contributed by atoms with Crippen LogP contribution in [0.5, 0.6) is 0 Å². The second kappa shape index (κ2) is 4.01. The molecule has 2 heterocycles. The Morgan fingerprint density at radius 2 is 1.88 bits per heavy atom. The highest BCUT2D eigenvalue weighted by Gasteiger charge is 2.06. The van der Waals surface area contributed by atoms with E-state index in [-0.39, 0.29) is 11.4 Å². The summed E-state index contributed by atoms with van der Waals surface area (Å²) in [7, 11) is 0. The fourth-order valence-electron chi connectivity index (χ4n) is 1.12. The molecule has 1 N–H and O–H groups in total. The lowest BCUT2D eigenvalue weighted by molar-refractivity contribution is 0.0696. The van der Waals surface area contributed by atoms with Crippen LogP contribution in [0, 0.1) is 5.82 Å². The molecule has 2 rings (SSSR count). The maximum atomic E-state index is 12.8. The van der Waals surface area contributed by atoms with Crippen molar-refractivity contribution >= 4 is 5.97 Å². The van der Waals surface area contributed by atoms with Crippen molar-refractivity contribution in [1.29, 1.82) is 0 Å². The zero-order valence-corrected chi connectivity index (χ0v) is 7.96. The Bertz CT molecular complexity index is 528. The number of carbonyl (C=O) groups is 1. The number of carboxylic acids is 1. The van der Waals surface area contributed by atoms with Crippen LogP contribution in [0.3, 0.4) is 0 Å². The molecule has 2 aromatic rings. The van der Waals surface area contributed by atoms with E-state index in [9.17, 15) is 9.18 Å². The van der Waals surface area contributed by atoms with Crippen LogP contribution in [-0.2, 0) is 0 Å². The van der Waals surface area contributed by atoms with Crippen LogP contribution in [0.15, 0.2) is 30.9 Å². The van der Waals surface area contributed by atoms with Gasteiger partial charge in [-0.2, -0.15) is 0 Å². The molecule has 16 heavy (non-hydrogen) atoms. The van der Waals surface area contributed by atoms with Crippen LogP contribution in [0.25, 0.3) is 11.4 Å². The van der Waals surface area contributed by atoms with Gasteiger partial charge in [0.25, 0.3) is 0 Å². The fourth-order valence-corrected chi connectivity index (χ4v) is 1.12. The van der Waals surface area contributed by atoms with Gasteiger partial charge in [0.15, 0.2) is 5.82 Å². The second-order valence-corrected chi connectivity index (χ2v) is 2.99. The van der Waals surface area contributed by atoms with E-state index in [1.807, 2.05) is 0 Å². The molecule has 5 nitrogen and oxygen atoms in total. The van der Waals surface area contributed by atoms with Crippen LogP contribution >= 0.6 is 0 Å². The van der Waals surface area contributed by atoms with Gasteiger partial charge in [-0.15, -0.1) is 0 Å². The predicted octanol–water partition coefficient (Wildman–Crippen LogP) is 1.38. The minimum Gasteiger partial charge on any atom is -0.478 e. The minimum atomic E-state index is -1.11. The van der Waals surface area contributed by atoms with E-state index in [0.717, 1.165) is 18.6 Å². The molecule has 2 aromatic heterocycles. The molecule has 0 spiro atoms. The van der Waals surface area contributed by atoms with Gasteiger partial charge in [-0.05, 0) is 6.07 Å². The van der Waals surface area contributed by atoms with Gasteiger partial charge in [-0.25, -0.2) is 19.2 Å². The monoisotopic (exact) mass is 219 g/mol. The average Bonchev–Trinajstić information content (AvgIpc) is 2.29. The van der Waals surface area contributed by atoms with Gasteiger partial charge in [0, 0.05) is 24.2 Å². The standard InChI is InChI=1S/C10H6FN3O2/c11-8-1-6(2-12-5-8)9-13-3-7(4-14-9)10(15)16/h1-5H,(H,15,16). The van der Waals surface area contributed by atoms with Crippen molar-refractivity contribution < 1.29 is 14.3 Å². The molecule has 0 aliphatic rings. The van der Waals surface area contributed by atoms with Crippen LogP contribution in [0.1, 0.15) is 10.4 Å². The number of hydrogen-bond acceptors (Lipinski definition) is 4. The molecule has 0 aromatic carbocycles. The van der Waals surface area contributed by atoms with E-state index in [2.05, 4.69) is 15.0 Å². The number of nitrogens with zero attached hydrogens (tertiary/aromatic N) is 3. The van der Waals surface area contributed by atoms with E-state index in [1.54, 1.807) is 0 Å². The summed E-state index contributed by atoms with van der Waals surface area (Å²) >= 11 is 0. The average molecular weight is 219 g/mol. The Balaban J connectivity index is 2.38. The van der Waals surface area contributed by atoms with E-state index in [0.29, 0.717) is 5.56 Å². The SMILES string of the molecule is O=C(O)c1cnc(-c2cncc(F)c2)nc1. The number of pyridine rings is 1. The lowest BCUT2D eigenvalue weighted by Crippen LogP contribution is -1.99. The molecule has 0 fully saturated rings. The predicted molar refractivity (Wildman–Crippen MR) is 52.2 cm³/mol. The maximum Gasteiger partial charge on any atom is 0.338 e. The Morgan fingerprint density at radius 3 is 2.44 bits per heavy atom. The van der Waals surface area contributed by atoms with E-state index in [1.165, 1.54) is 12.3 Å². The number of carboxylic acid groups (broad SMARTS) is 1. The Labute approximate surface area is 89.6 Å². The second-order valence-electron chi connectivity index (χ2n) is 2.99. The minimum absolute atomic E-state index is 0.0203. The van der Waals surface area contributed by atoms with Crippen molar-refractivity contribution in [2.75, 3.05) is 0 Å². The third kappa shape index (κ3) is 2.00. The Kier molecular flexibility index (Phi) is 2.55. The number of halogens is 1. The number of hydrogen-bond donors (Lipinski definition) is 1. The van der Waals surface area contributed by atoms with E-state index < -0.39 is 11.8 Å². The van der Waals surface area contributed by atoms with Crippen molar-refractivity contribution in [1.82, 2.24) is 15.0 Å². The summed E-state index contributed by atoms with van der Waals surface area (Å²) in [6, 6.07) is 1.22. The summed E-state index contributed by atoms with van der Waals surface area (Å²) in [4.78, 5) is 21.8. The molecular formula is C10H6FN3O2. The summed E-state index contributed by atoms with van der Waals surface area (Å²) in [5.74, 6) is -1.37. The Hall–Kier alpha value is -2.37. The normalized spacial score (nSPS) is 10.1. The van der Waals surface area contributed by atoms with Crippen molar-refractivity contribution in [3.05, 3.63) is 42.2 Å². The first kappa shape index (κ1) is 10.2. The highest BCUT2D eigenvalue weighted by molar-refractivity contribution is 5.86. The molecule has 0 bridgehead atoms. The van der Waals surface area contributed by atoms with Gasteiger partial charge in [0.2, 0.25) is 0 Å². The summed E-state index contributed by atoms with van der Waals surface area (Å²) < 4.78 is 12.8. The molecule has 80 valence electrons. The largest absolute Gasteiger partial charge is 0.478 e. The van der Waals surface area contributed by atoms with Crippen molar-refractivity contribution in [2.45, 2.75) is 0 Å². The Morgan fingerprint density at radius 1 is 1.19 bits per heavy atom. The van der Waals surface area contributed by atoms with Gasteiger partial charge in [0.05, 0.1) is 11.8 Å². The summed E-state index contributed by atoms with van der Waals surface area (Å²) in [5.41, 5.74) is 0.380. The smallest absolute Gasteiger partial charge is 0.338 e. The third-order valence-electron chi connectivity index (χ3n) is 1.86. The number of aromatic carboxylic acids is 1. The van der Waals surface area contributed by atoms with Crippen LogP contribution in [0.4, 0.5) is 4.39 Å². The third-order valence-corrected chi connectivity index (χ3v) is 1.86. The lowest BCUT2D eigenvalue weighted by Gasteiger charge is -1.99. The van der Waals surface area contributed by atoms with Crippen molar-refractivity contribution in [3.63, 3.8) is 0 Å². The van der Waals surface area contributed by atoms with Crippen molar-refractivity contribution in [3.8, 4) is 11.4 Å². The van der Waals surface area contributed by atoms with Crippen LogP contribution in [-0.4, -0.2) is 26.0 Å². The van der Waals surface area contributed by atoms with E-state index in [4.69, 9.17) is 5.11 Å². The van der Waals surface area contributed by atoms with Gasteiger partial charge >= 0.3 is 5.97 Å². The maximum absolute atomic E-state index is 12.8. The highest BCUT2D eigenvalue weighted by atomic mass is 19.1. The van der Waals surface area contributed by atoms with Gasteiger partial charge in [-0.3, -0.25) is 4.98 Å². The zero-order valence-electron chi connectivity index (χ0n) is 7.96. The van der Waals surface area contributed by atoms with Gasteiger partial charge in [0.1, 0.15) is 5.82 Å². The van der Waals surface area contributed by atoms with Gasteiger partial charge in [-0.1, -0.05) is 0 Å². The van der Waals surface area contributed by atoms with Crippen LogP contribution < -0.4 is 0 Å². The molecular weight excluding hydrogens is 213 g/mol. The van der Waals surface area contributed by atoms with Gasteiger partial charge < -0.3 is 5.11 Å². The quantitative estimate of drug-likeness (QED) is 0.825. The molecule has 0 aliphatic carbocycles. The molecule has 0 atom stereocenters. The molecule has 0 amide bonds.